The molecule has 8 nitrogen and oxygen atoms in total. The fourth-order valence-electron chi connectivity index (χ4n) is 3.06. The average molecular weight is 479 g/mol. The zero-order chi connectivity index (χ0) is 20.2. The Kier molecular flexibility index (Phi) is 6.51. The summed E-state index contributed by atoms with van der Waals surface area (Å²) in [5.41, 5.74) is 0.898. The van der Waals surface area contributed by atoms with Crippen LogP contribution in [0.4, 0.5) is 5.95 Å². The lowest BCUT2D eigenvalue weighted by Crippen LogP contribution is -2.38. The van der Waals surface area contributed by atoms with E-state index in [4.69, 9.17) is 9.15 Å². The molecule has 1 aliphatic heterocycles. The molecule has 4 rings (SSSR count). The SMILES string of the molecule is CC(C)Cn1c(SCc2nnc(-c3ccc(Br)cc3)o2)nnc1N1CCOCC1. The van der Waals surface area contributed by atoms with Crippen LogP contribution < -0.4 is 4.90 Å². The van der Waals surface area contributed by atoms with Gasteiger partial charge >= 0.3 is 0 Å². The van der Waals surface area contributed by atoms with Crippen LogP contribution in [0.25, 0.3) is 11.5 Å². The highest BCUT2D eigenvalue weighted by atomic mass is 79.9. The molecule has 0 bridgehead atoms. The van der Waals surface area contributed by atoms with Gasteiger partial charge in [-0.1, -0.05) is 41.5 Å². The van der Waals surface area contributed by atoms with E-state index in [1.807, 2.05) is 24.3 Å². The highest BCUT2D eigenvalue weighted by Crippen LogP contribution is 2.28. The highest BCUT2D eigenvalue weighted by molar-refractivity contribution is 9.10. The van der Waals surface area contributed by atoms with Gasteiger partial charge in [-0.15, -0.1) is 20.4 Å². The van der Waals surface area contributed by atoms with Crippen molar-refractivity contribution in [2.75, 3.05) is 31.2 Å². The summed E-state index contributed by atoms with van der Waals surface area (Å²) < 4.78 is 14.5. The molecule has 1 fully saturated rings. The van der Waals surface area contributed by atoms with E-state index in [1.165, 1.54) is 0 Å². The maximum atomic E-state index is 5.83. The van der Waals surface area contributed by atoms with Crippen LogP contribution in [0.5, 0.6) is 0 Å². The molecule has 0 radical (unpaired) electrons. The van der Waals surface area contributed by atoms with Gasteiger partial charge in [-0.2, -0.15) is 0 Å². The van der Waals surface area contributed by atoms with Gasteiger partial charge in [-0.3, -0.25) is 4.57 Å². The first-order chi connectivity index (χ1) is 14.1. The summed E-state index contributed by atoms with van der Waals surface area (Å²) in [6, 6.07) is 7.80. The molecule has 2 aromatic heterocycles. The zero-order valence-corrected chi connectivity index (χ0v) is 18.8. The summed E-state index contributed by atoms with van der Waals surface area (Å²) in [7, 11) is 0. The maximum Gasteiger partial charge on any atom is 0.247 e. The van der Waals surface area contributed by atoms with Crippen LogP contribution in [0.3, 0.4) is 0 Å². The second kappa shape index (κ2) is 9.27. The third-order valence-electron chi connectivity index (χ3n) is 4.42. The van der Waals surface area contributed by atoms with Gasteiger partial charge < -0.3 is 14.1 Å². The molecule has 1 aliphatic rings. The number of ether oxygens (including phenoxy) is 1. The molecular weight excluding hydrogens is 456 g/mol. The quantitative estimate of drug-likeness (QED) is 0.473. The Labute approximate surface area is 182 Å². The van der Waals surface area contributed by atoms with Gasteiger partial charge in [0.05, 0.1) is 19.0 Å². The first kappa shape index (κ1) is 20.4. The Morgan fingerprint density at radius 3 is 2.55 bits per heavy atom. The molecule has 0 unspecified atom stereocenters. The van der Waals surface area contributed by atoms with Crippen LogP contribution in [0.2, 0.25) is 0 Å². The first-order valence-corrected chi connectivity index (χ1v) is 11.3. The number of aromatic nitrogens is 5. The Bertz CT molecular complexity index is 937. The van der Waals surface area contributed by atoms with E-state index in [1.54, 1.807) is 11.8 Å². The minimum atomic E-state index is 0.484. The van der Waals surface area contributed by atoms with Crippen LogP contribution in [-0.2, 0) is 17.0 Å². The number of thioether (sulfide) groups is 1. The van der Waals surface area contributed by atoms with E-state index in [2.05, 4.69) is 59.6 Å². The summed E-state index contributed by atoms with van der Waals surface area (Å²) in [6.45, 7) is 8.36. The number of benzene rings is 1. The van der Waals surface area contributed by atoms with Crippen molar-refractivity contribution >= 4 is 33.6 Å². The van der Waals surface area contributed by atoms with Crippen molar-refractivity contribution in [1.82, 2.24) is 25.0 Å². The average Bonchev–Trinajstić information content (AvgIpc) is 3.34. The van der Waals surface area contributed by atoms with Crippen molar-refractivity contribution in [3.8, 4) is 11.5 Å². The fraction of sp³-hybridized carbons (Fsp3) is 0.474. The van der Waals surface area contributed by atoms with Crippen LogP contribution >= 0.6 is 27.7 Å². The van der Waals surface area contributed by atoms with E-state index >= 15 is 0 Å². The predicted molar refractivity (Wildman–Crippen MR) is 115 cm³/mol. The highest BCUT2D eigenvalue weighted by Gasteiger charge is 2.21. The summed E-state index contributed by atoms with van der Waals surface area (Å²) in [5, 5.41) is 18.1. The molecule has 1 saturated heterocycles. The second-order valence-electron chi connectivity index (χ2n) is 7.18. The summed E-state index contributed by atoms with van der Waals surface area (Å²) in [4.78, 5) is 2.24. The van der Waals surface area contributed by atoms with Crippen molar-refractivity contribution in [2.24, 2.45) is 5.92 Å². The maximum absolute atomic E-state index is 5.83. The Morgan fingerprint density at radius 1 is 1.07 bits per heavy atom. The minimum absolute atomic E-state index is 0.484. The number of anilines is 1. The number of hydrogen-bond acceptors (Lipinski definition) is 8. The largest absolute Gasteiger partial charge is 0.420 e. The zero-order valence-electron chi connectivity index (χ0n) is 16.4. The molecule has 10 heteroatoms. The van der Waals surface area contributed by atoms with Crippen molar-refractivity contribution in [1.29, 1.82) is 0 Å². The lowest BCUT2D eigenvalue weighted by atomic mass is 10.2. The van der Waals surface area contributed by atoms with E-state index in [0.29, 0.717) is 23.5 Å². The molecule has 3 aromatic rings. The number of hydrogen-bond donors (Lipinski definition) is 0. The van der Waals surface area contributed by atoms with Crippen molar-refractivity contribution in [3.63, 3.8) is 0 Å². The van der Waals surface area contributed by atoms with E-state index < -0.39 is 0 Å². The van der Waals surface area contributed by atoms with Crippen molar-refractivity contribution < 1.29 is 9.15 Å². The van der Waals surface area contributed by atoms with Crippen LogP contribution in [-0.4, -0.2) is 51.3 Å². The first-order valence-electron chi connectivity index (χ1n) is 9.57. The molecular formula is C19H23BrN6O2S. The summed E-state index contributed by atoms with van der Waals surface area (Å²) in [5.74, 6) is 3.02. The number of rotatable bonds is 7. The molecule has 0 N–H and O–H groups in total. The topological polar surface area (TPSA) is 82.1 Å². The van der Waals surface area contributed by atoms with Gasteiger partial charge in [-0.05, 0) is 30.2 Å². The van der Waals surface area contributed by atoms with Gasteiger partial charge in [-0.25, -0.2) is 0 Å². The normalized spacial score (nSPS) is 14.7. The molecule has 1 aromatic carbocycles. The van der Waals surface area contributed by atoms with Gasteiger partial charge in [0.15, 0.2) is 5.16 Å². The molecule has 29 heavy (non-hydrogen) atoms. The fourth-order valence-corrected chi connectivity index (χ4v) is 4.10. The third-order valence-corrected chi connectivity index (χ3v) is 5.90. The minimum Gasteiger partial charge on any atom is -0.420 e. The van der Waals surface area contributed by atoms with Gasteiger partial charge in [0.25, 0.3) is 0 Å². The van der Waals surface area contributed by atoms with Crippen molar-refractivity contribution in [2.45, 2.75) is 31.3 Å². The summed E-state index contributed by atoms with van der Waals surface area (Å²) in [6.07, 6.45) is 0. The van der Waals surface area contributed by atoms with Gasteiger partial charge in [0.1, 0.15) is 0 Å². The van der Waals surface area contributed by atoms with E-state index in [9.17, 15) is 0 Å². The Morgan fingerprint density at radius 2 is 1.83 bits per heavy atom. The molecule has 0 aliphatic carbocycles. The van der Waals surface area contributed by atoms with E-state index in [0.717, 1.165) is 54.0 Å². The molecule has 0 atom stereocenters. The van der Waals surface area contributed by atoms with Crippen LogP contribution in [0.1, 0.15) is 19.7 Å². The molecule has 0 spiro atoms. The van der Waals surface area contributed by atoms with Gasteiger partial charge in [0.2, 0.25) is 17.7 Å². The summed E-state index contributed by atoms with van der Waals surface area (Å²) >= 11 is 5.00. The smallest absolute Gasteiger partial charge is 0.247 e. The standard InChI is InChI=1S/C19H23BrN6O2S/c1-13(2)11-26-18(25-7-9-27-10-8-25)23-24-19(26)29-12-16-21-22-17(28-16)14-3-5-15(20)6-4-14/h3-6,13H,7-12H2,1-2H3. The van der Waals surface area contributed by atoms with E-state index in [-0.39, 0.29) is 0 Å². The lowest BCUT2D eigenvalue weighted by Gasteiger charge is -2.28. The number of halogens is 1. The second-order valence-corrected chi connectivity index (χ2v) is 9.04. The Hall–Kier alpha value is -1.91. The molecule has 0 saturated carbocycles. The Balaban J connectivity index is 1.48. The van der Waals surface area contributed by atoms with Crippen LogP contribution in [0, 0.1) is 5.92 Å². The number of morpholine rings is 1. The number of nitrogens with zero attached hydrogens (tertiary/aromatic N) is 6. The van der Waals surface area contributed by atoms with Gasteiger partial charge in [0, 0.05) is 29.7 Å². The monoisotopic (exact) mass is 478 g/mol. The van der Waals surface area contributed by atoms with Crippen LogP contribution in [0.15, 0.2) is 38.3 Å². The molecule has 154 valence electrons. The lowest BCUT2D eigenvalue weighted by molar-refractivity contribution is 0.121. The molecule has 0 amide bonds. The third kappa shape index (κ3) is 4.99. The predicted octanol–water partition coefficient (Wildman–Crippen LogP) is 3.88. The molecule has 3 heterocycles. The van der Waals surface area contributed by atoms with Crippen molar-refractivity contribution in [3.05, 3.63) is 34.6 Å².